The first kappa shape index (κ1) is 11.6. The fourth-order valence-corrected chi connectivity index (χ4v) is 1.65. The fraction of sp³-hybridized carbons (Fsp3) is 0.333. The van der Waals surface area contributed by atoms with Crippen molar-refractivity contribution in [3.05, 3.63) is 29.6 Å². The number of hydrogen-bond acceptors (Lipinski definition) is 4. The highest BCUT2D eigenvalue weighted by Gasteiger charge is 2.05. The smallest absolute Gasteiger partial charge is 0.107 e. The van der Waals surface area contributed by atoms with Crippen molar-refractivity contribution in [1.82, 2.24) is 9.97 Å². The van der Waals surface area contributed by atoms with E-state index >= 15 is 0 Å². The second-order valence-electron chi connectivity index (χ2n) is 4.09. The number of hydrogen-bond donors (Lipinski definition) is 2. The molecule has 2 N–H and O–H groups in total. The summed E-state index contributed by atoms with van der Waals surface area (Å²) in [5.74, 6) is -0.455. The minimum atomic E-state index is -1.20. The van der Waals surface area contributed by atoms with Gasteiger partial charge < -0.3 is 20.0 Å². The fourth-order valence-electron chi connectivity index (χ4n) is 1.65. The molecule has 0 bridgehead atoms. The number of aromatic carboxylic acids is 1. The molecule has 90 valence electrons. The summed E-state index contributed by atoms with van der Waals surface area (Å²) >= 11 is 0. The number of carboxylic acids is 1. The van der Waals surface area contributed by atoms with Crippen LogP contribution in [0.2, 0.25) is 0 Å². The van der Waals surface area contributed by atoms with Crippen LogP contribution in [0.5, 0.6) is 0 Å². The largest absolute Gasteiger partial charge is 0.545 e. The predicted molar refractivity (Wildman–Crippen MR) is 60.4 cm³/mol. The Morgan fingerprint density at radius 2 is 2.35 bits per heavy atom. The molecule has 1 aromatic heterocycles. The van der Waals surface area contributed by atoms with Crippen LogP contribution < -0.4 is 5.11 Å². The zero-order valence-electron chi connectivity index (χ0n) is 9.43. The Hall–Kier alpha value is -1.88. The predicted octanol–water partition coefficient (Wildman–Crippen LogP) is 0.240. The molecule has 5 heteroatoms. The molecule has 17 heavy (non-hydrogen) atoms. The molecule has 0 unspecified atom stereocenters. The average Bonchev–Trinajstić information content (AvgIpc) is 2.67. The van der Waals surface area contributed by atoms with Crippen molar-refractivity contribution >= 4 is 17.0 Å². The van der Waals surface area contributed by atoms with Crippen molar-refractivity contribution in [3.63, 3.8) is 0 Å². The lowest BCUT2D eigenvalue weighted by atomic mass is 10.2. The first-order valence-corrected chi connectivity index (χ1v) is 5.44. The van der Waals surface area contributed by atoms with Crippen LogP contribution in [0, 0.1) is 0 Å². The average molecular weight is 233 g/mol. The number of rotatable bonds is 4. The molecule has 0 radical (unpaired) electrons. The molecule has 0 aliphatic heterocycles. The Balaban J connectivity index is 2.27. The zero-order chi connectivity index (χ0) is 12.4. The highest BCUT2D eigenvalue weighted by atomic mass is 16.4. The molecule has 2 aromatic rings. The van der Waals surface area contributed by atoms with Crippen molar-refractivity contribution in [2.24, 2.45) is 0 Å². The van der Waals surface area contributed by atoms with Crippen LogP contribution in [-0.4, -0.2) is 27.1 Å². The first-order valence-electron chi connectivity index (χ1n) is 5.44. The summed E-state index contributed by atoms with van der Waals surface area (Å²) in [6.07, 6.45) is 0.877. The van der Waals surface area contributed by atoms with Crippen molar-refractivity contribution in [3.8, 4) is 0 Å². The second-order valence-corrected chi connectivity index (χ2v) is 4.09. The van der Waals surface area contributed by atoms with Crippen LogP contribution in [0.4, 0.5) is 0 Å². The topological polar surface area (TPSA) is 89.0 Å². The van der Waals surface area contributed by atoms with E-state index in [1.165, 1.54) is 12.1 Å². The van der Waals surface area contributed by atoms with Crippen LogP contribution in [0.15, 0.2) is 18.2 Å². The van der Waals surface area contributed by atoms with Gasteiger partial charge in [0.05, 0.1) is 23.1 Å². The lowest BCUT2D eigenvalue weighted by Gasteiger charge is -2.00. The molecule has 0 aliphatic carbocycles. The maximum Gasteiger partial charge on any atom is 0.107 e. The molecule has 1 heterocycles. The third kappa shape index (κ3) is 2.62. The summed E-state index contributed by atoms with van der Waals surface area (Å²) in [6.45, 7) is 1.72. The van der Waals surface area contributed by atoms with Gasteiger partial charge in [-0.3, -0.25) is 0 Å². The molecule has 0 fully saturated rings. The number of carbonyl (C=O) groups is 1. The number of aliphatic hydroxyl groups is 1. The monoisotopic (exact) mass is 233 g/mol. The lowest BCUT2D eigenvalue weighted by Crippen LogP contribution is -2.21. The Labute approximate surface area is 98.1 Å². The van der Waals surface area contributed by atoms with E-state index in [-0.39, 0.29) is 11.7 Å². The maximum absolute atomic E-state index is 10.7. The minimum absolute atomic E-state index is 0.128. The Morgan fingerprint density at radius 3 is 3.00 bits per heavy atom. The van der Waals surface area contributed by atoms with Gasteiger partial charge in [0.2, 0.25) is 0 Å². The normalized spacial score (nSPS) is 12.8. The van der Waals surface area contributed by atoms with Gasteiger partial charge in [0.1, 0.15) is 5.82 Å². The van der Waals surface area contributed by atoms with Gasteiger partial charge in [-0.25, -0.2) is 4.98 Å². The van der Waals surface area contributed by atoms with Gasteiger partial charge in [0.15, 0.2) is 0 Å². The third-order valence-corrected chi connectivity index (χ3v) is 2.57. The molecule has 1 aromatic carbocycles. The van der Waals surface area contributed by atoms with E-state index in [1.807, 2.05) is 0 Å². The van der Waals surface area contributed by atoms with Gasteiger partial charge >= 0.3 is 0 Å². The van der Waals surface area contributed by atoms with E-state index in [0.717, 1.165) is 11.3 Å². The van der Waals surface area contributed by atoms with E-state index < -0.39 is 5.97 Å². The molecule has 2 rings (SSSR count). The number of aromatic nitrogens is 2. The minimum Gasteiger partial charge on any atom is -0.545 e. The van der Waals surface area contributed by atoms with E-state index in [1.54, 1.807) is 13.0 Å². The van der Waals surface area contributed by atoms with E-state index in [0.29, 0.717) is 18.4 Å². The molecular formula is C12H13N2O3-. The number of aryl methyl sites for hydroxylation is 1. The van der Waals surface area contributed by atoms with E-state index in [9.17, 15) is 15.0 Å². The molecular weight excluding hydrogens is 220 g/mol. The van der Waals surface area contributed by atoms with Crippen molar-refractivity contribution in [2.75, 3.05) is 0 Å². The van der Waals surface area contributed by atoms with Crippen molar-refractivity contribution in [2.45, 2.75) is 25.9 Å². The standard InChI is InChI=1S/C12H14N2O3/c1-7(15)2-5-11-13-9-4-3-8(12(16)17)6-10(9)14-11/h3-4,6-7,15H,2,5H2,1H3,(H,13,14)(H,16,17)/p-1/t7-/m0/s1. The number of carboxylic acid groups (broad SMARTS) is 1. The molecule has 5 nitrogen and oxygen atoms in total. The summed E-state index contributed by atoms with van der Waals surface area (Å²) in [6, 6.07) is 4.61. The number of aromatic amines is 1. The van der Waals surface area contributed by atoms with Crippen molar-refractivity contribution in [1.29, 1.82) is 0 Å². The molecule has 0 spiro atoms. The number of imidazole rings is 1. The maximum atomic E-state index is 10.7. The summed E-state index contributed by atoms with van der Waals surface area (Å²) in [5, 5.41) is 19.9. The summed E-state index contributed by atoms with van der Waals surface area (Å²) < 4.78 is 0. The number of carbonyl (C=O) groups excluding carboxylic acids is 1. The number of nitrogens with one attached hydrogen (secondary N) is 1. The van der Waals surface area contributed by atoms with Crippen LogP contribution >= 0.6 is 0 Å². The van der Waals surface area contributed by atoms with Crippen molar-refractivity contribution < 1.29 is 15.0 Å². The van der Waals surface area contributed by atoms with Crippen LogP contribution in [0.1, 0.15) is 29.5 Å². The third-order valence-electron chi connectivity index (χ3n) is 2.57. The quantitative estimate of drug-likeness (QED) is 0.791. The summed E-state index contributed by atoms with van der Waals surface area (Å²) in [5.41, 5.74) is 1.52. The Kier molecular flexibility index (Phi) is 3.10. The molecule has 0 saturated heterocycles. The number of nitrogens with zero attached hydrogens (tertiary/aromatic N) is 1. The zero-order valence-corrected chi connectivity index (χ0v) is 9.43. The summed E-state index contributed by atoms with van der Waals surface area (Å²) in [4.78, 5) is 18.0. The number of aliphatic hydroxyl groups excluding tert-OH is 1. The SMILES string of the molecule is C[C@H](O)CCc1nc2ccc(C(=O)[O-])cc2[nH]1. The van der Waals surface area contributed by atoms with Gasteiger partial charge in [-0.05, 0) is 31.0 Å². The first-order chi connectivity index (χ1) is 8.06. The van der Waals surface area contributed by atoms with Crippen LogP contribution in [0.3, 0.4) is 0 Å². The number of benzene rings is 1. The van der Waals surface area contributed by atoms with Crippen LogP contribution in [-0.2, 0) is 6.42 Å². The van der Waals surface area contributed by atoms with E-state index in [4.69, 9.17) is 0 Å². The Bertz CT molecular complexity index is 546. The van der Waals surface area contributed by atoms with Gasteiger partial charge in [0.25, 0.3) is 0 Å². The highest BCUT2D eigenvalue weighted by Crippen LogP contribution is 2.14. The van der Waals surface area contributed by atoms with Gasteiger partial charge in [-0.1, -0.05) is 6.07 Å². The van der Waals surface area contributed by atoms with Crippen LogP contribution in [0.25, 0.3) is 11.0 Å². The van der Waals surface area contributed by atoms with Gasteiger partial charge in [0, 0.05) is 6.42 Å². The number of H-pyrrole nitrogens is 1. The molecule has 0 saturated carbocycles. The van der Waals surface area contributed by atoms with Gasteiger partial charge in [-0.15, -0.1) is 0 Å². The highest BCUT2D eigenvalue weighted by molar-refractivity contribution is 5.91. The molecule has 1 atom stereocenters. The number of fused-ring (bicyclic) bond motifs is 1. The summed E-state index contributed by atoms with van der Waals surface area (Å²) in [7, 11) is 0. The molecule has 0 amide bonds. The Morgan fingerprint density at radius 1 is 1.59 bits per heavy atom. The second kappa shape index (κ2) is 4.55. The lowest BCUT2D eigenvalue weighted by molar-refractivity contribution is -0.255. The van der Waals surface area contributed by atoms with E-state index in [2.05, 4.69) is 9.97 Å². The molecule has 0 aliphatic rings. The van der Waals surface area contributed by atoms with Gasteiger partial charge in [-0.2, -0.15) is 0 Å².